The Morgan fingerprint density at radius 3 is 2.76 bits per heavy atom. The van der Waals surface area contributed by atoms with E-state index >= 15 is 0 Å². The van der Waals surface area contributed by atoms with E-state index in [4.69, 9.17) is 10.5 Å². The molecule has 0 unspecified atom stereocenters. The summed E-state index contributed by atoms with van der Waals surface area (Å²) in [6.45, 7) is 0.797. The van der Waals surface area contributed by atoms with Gasteiger partial charge in [0.05, 0.1) is 0 Å². The highest BCUT2D eigenvalue weighted by Crippen LogP contribution is 2.14. The number of ether oxygens (including phenoxy) is 1. The summed E-state index contributed by atoms with van der Waals surface area (Å²) in [6, 6.07) is 7.97. The second kappa shape index (κ2) is 5.41. The Labute approximate surface area is 99.1 Å². The normalized spacial score (nSPS) is 10.2. The van der Waals surface area contributed by atoms with Crippen molar-refractivity contribution in [2.75, 3.05) is 0 Å². The maximum Gasteiger partial charge on any atom is 0.126 e. The zero-order valence-electron chi connectivity index (χ0n) is 9.27. The summed E-state index contributed by atoms with van der Waals surface area (Å²) in [5.74, 6) is 0.194. The van der Waals surface area contributed by atoms with Gasteiger partial charge in [-0.15, -0.1) is 0 Å². The van der Waals surface area contributed by atoms with Gasteiger partial charge in [0, 0.05) is 30.6 Å². The van der Waals surface area contributed by atoms with E-state index in [1.165, 1.54) is 12.1 Å². The average molecular weight is 232 g/mol. The molecular weight excluding hydrogens is 219 g/mol. The van der Waals surface area contributed by atoms with Gasteiger partial charge >= 0.3 is 0 Å². The number of hydrogen-bond donors (Lipinski definition) is 1. The van der Waals surface area contributed by atoms with Crippen LogP contribution in [0.2, 0.25) is 0 Å². The largest absolute Gasteiger partial charge is 0.489 e. The molecule has 1 heterocycles. The highest BCUT2D eigenvalue weighted by atomic mass is 19.1. The smallest absolute Gasteiger partial charge is 0.126 e. The molecule has 0 aliphatic heterocycles. The maximum atomic E-state index is 12.9. The van der Waals surface area contributed by atoms with Crippen molar-refractivity contribution < 1.29 is 9.13 Å². The Morgan fingerprint density at radius 2 is 2.00 bits per heavy atom. The quantitative estimate of drug-likeness (QED) is 0.879. The fourth-order valence-corrected chi connectivity index (χ4v) is 1.46. The maximum absolute atomic E-state index is 12.9. The molecule has 0 saturated carbocycles. The third-order valence-electron chi connectivity index (χ3n) is 2.29. The van der Waals surface area contributed by atoms with Crippen LogP contribution >= 0.6 is 0 Å². The highest BCUT2D eigenvalue weighted by molar-refractivity contribution is 5.23. The first-order chi connectivity index (χ1) is 8.28. The molecule has 0 atom stereocenters. The number of rotatable bonds is 4. The van der Waals surface area contributed by atoms with Crippen LogP contribution in [0.4, 0.5) is 4.39 Å². The van der Waals surface area contributed by atoms with Gasteiger partial charge in [-0.05, 0) is 23.8 Å². The molecule has 2 aromatic rings. The van der Waals surface area contributed by atoms with Crippen LogP contribution in [0.25, 0.3) is 0 Å². The van der Waals surface area contributed by atoms with Crippen LogP contribution in [-0.2, 0) is 13.2 Å². The van der Waals surface area contributed by atoms with Crippen molar-refractivity contribution in [1.29, 1.82) is 0 Å². The number of nitrogens with zero attached hydrogens (tertiary/aromatic N) is 1. The summed E-state index contributed by atoms with van der Waals surface area (Å²) >= 11 is 0. The van der Waals surface area contributed by atoms with Gasteiger partial charge in [-0.1, -0.05) is 6.07 Å². The lowest BCUT2D eigenvalue weighted by atomic mass is 10.2. The lowest BCUT2D eigenvalue weighted by Gasteiger charge is -2.06. The van der Waals surface area contributed by atoms with E-state index in [1.807, 2.05) is 6.07 Å². The molecule has 2 N–H and O–H groups in total. The van der Waals surface area contributed by atoms with Crippen LogP contribution in [0.1, 0.15) is 11.1 Å². The first-order valence-electron chi connectivity index (χ1n) is 5.29. The number of halogens is 1. The predicted octanol–water partition coefficient (Wildman–Crippen LogP) is 2.26. The zero-order chi connectivity index (χ0) is 12.1. The Morgan fingerprint density at radius 1 is 1.18 bits per heavy atom. The first kappa shape index (κ1) is 11.5. The Hall–Kier alpha value is -1.94. The molecule has 0 amide bonds. The van der Waals surface area contributed by atoms with E-state index in [-0.39, 0.29) is 5.82 Å². The molecular formula is C13H13FN2O. The summed E-state index contributed by atoms with van der Waals surface area (Å²) < 4.78 is 18.4. The standard InChI is InChI=1S/C13H13FN2O/c14-12-2-1-3-13(5-12)17-9-11-4-10(6-15)7-16-8-11/h1-5,7-8H,6,9,15H2. The van der Waals surface area contributed by atoms with Crippen molar-refractivity contribution in [3.63, 3.8) is 0 Å². The summed E-state index contributed by atoms with van der Waals surface area (Å²) in [5, 5.41) is 0. The molecule has 1 aromatic carbocycles. The summed E-state index contributed by atoms with van der Waals surface area (Å²) in [5.41, 5.74) is 7.38. The monoisotopic (exact) mass is 232 g/mol. The lowest BCUT2D eigenvalue weighted by Crippen LogP contribution is -2.01. The minimum atomic E-state index is -0.309. The first-order valence-corrected chi connectivity index (χ1v) is 5.29. The molecule has 3 nitrogen and oxygen atoms in total. The number of hydrogen-bond acceptors (Lipinski definition) is 3. The average Bonchev–Trinajstić information content (AvgIpc) is 2.37. The lowest BCUT2D eigenvalue weighted by molar-refractivity contribution is 0.304. The van der Waals surface area contributed by atoms with Gasteiger partial charge in [0.25, 0.3) is 0 Å². The van der Waals surface area contributed by atoms with Crippen molar-refractivity contribution in [2.24, 2.45) is 5.73 Å². The van der Waals surface area contributed by atoms with Crippen molar-refractivity contribution in [3.05, 3.63) is 59.7 Å². The Kier molecular flexibility index (Phi) is 3.67. The summed E-state index contributed by atoms with van der Waals surface area (Å²) in [4.78, 5) is 4.05. The molecule has 17 heavy (non-hydrogen) atoms. The van der Waals surface area contributed by atoms with Crippen molar-refractivity contribution in [1.82, 2.24) is 4.98 Å². The number of aromatic nitrogens is 1. The van der Waals surface area contributed by atoms with Gasteiger partial charge in [0.2, 0.25) is 0 Å². The van der Waals surface area contributed by atoms with Gasteiger partial charge in [0.15, 0.2) is 0 Å². The molecule has 2 rings (SSSR count). The Balaban J connectivity index is 2.02. The van der Waals surface area contributed by atoms with E-state index in [0.717, 1.165) is 11.1 Å². The van der Waals surface area contributed by atoms with Crippen molar-refractivity contribution >= 4 is 0 Å². The molecule has 0 radical (unpaired) electrons. The minimum Gasteiger partial charge on any atom is -0.489 e. The summed E-state index contributed by atoms with van der Waals surface area (Å²) in [6.07, 6.45) is 3.42. The third kappa shape index (κ3) is 3.26. The van der Waals surface area contributed by atoms with Crippen molar-refractivity contribution in [3.8, 4) is 5.75 Å². The van der Waals surface area contributed by atoms with E-state index in [1.54, 1.807) is 24.5 Å². The number of benzene rings is 1. The topological polar surface area (TPSA) is 48.1 Å². The second-order valence-electron chi connectivity index (χ2n) is 3.65. The molecule has 0 saturated heterocycles. The fraction of sp³-hybridized carbons (Fsp3) is 0.154. The van der Waals surface area contributed by atoms with E-state index in [2.05, 4.69) is 4.98 Å². The predicted molar refractivity (Wildman–Crippen MR) is 62.9 cm³/mol. The fourth-order valence-electron chi connectivity index (χ4n) is 1.46. The van der Waals surface area contributed by atoms with Crippen LogP contribution in [0.5, 0.6) is 5.75 Å². The molecule has 0 aliphatic rings. The van der Waals surface area contributed by atoms with Gasteiger partial charge in [-0.25, -0.2) is 4.39 Å². The zero-order valence-corrected chi connectivity index (χ0v) is 9.27. The van der Waals surface area contributed by atoms with Crippen LogP contribution < -0.4 is 10.5 Å². The molecule has 0 fully saturated rings. The van der Waals surface area contributed by atoms with Crippen LogP contribution in [0.3, 0.4) is 0 Å². The molecule has 4 heteroatoms. The molecule has 0 bridgehead atoms. The highest BCUT2D eigenvalue weighted by Gasteiger charge is 1.99. The van der Waals surface area contributed by atoms with Gasteiger partial charge in [0.1, 0.15) is 18.2 Å². The Bertz CT molecular complexity index is 502. The number of pyridine rings is 1. The molecule has 0 aliphatic carbocycles. The summed E-state index contributed by atoms with van der Waals surface area (Å²) in [7, 11) is 0. The van der Waals surface area contributed by atoms with E-state index in [9.17, 15) is 4.39 Å². The van der Waals surface area contributed by atoms with Crippen LogP contribution in [0, 0.1) is 5.82 Å². The van der Waals surface area contributed by atoms with Gasteiger partial charge in [-0.3, -0.25) is 4.98 Å². The third-order valence-corrected chi connectivity index (χ3v) is 2.29. The molecule has 1 aromatic heterocycles. The van der Waals surface area contributed by atoms with E-state index < -0.39 is 0 Å². The minimum absolute atomic E-state index is 0.309. The van der Waals surface area contributed by atoms with Gasteiger partial charge < -0.3 is 10.5 Å². The molecule has 88 valence electrons. The van der Waals surface area contributed by atoms with Crippen LogP contribution in [0.15, 0.2) is 42.7 Å². The number of nitrogens with two attached hydrogens (primary N) is 1. The second-order valence-corrected chi connectivity index (χ2v) is 3.65. The SMILES string of the molecule is NCc1cncc(COc2cccc(F)c2)c1. The molecule has 0 spiro atoms. The van der Waals surface area contributed by atoms with Crippen molar-refractivity contribution in [2.45, 2.75) is 13.2 Å². The van der Waals surface area contributed by atoms with Gasteiger partial charge in [-0.2, -0.15) is 0 Å². The van der Waals surface area contributed by atoms with Crippen LogP contribution in [-0.4, -0.2) is 4.98 Å². The van der Waals surface area contributed by atoms with E-state index in [0.29, 0.717) is 18.9 Å².